The molecule has 86 valence electrons. The van der Waals surface area contributed by atoms with Gasteiger partial charge in [-0.2, -0.15) is 0 Å². The summed E-state index contributed by atoms with van der Waals surface area (Å²) in [6.07, 6.45) is 0.167. The van der Waals surface area contributed by atoms with Crippen LogP contribution in [0.5, 0.6) is 0 Å². The van der Waals surface area contributed by atoms with Crippen molar-refractivity contribution in [3.8, 4) is 0 Å². The van der Waals surface area contributed by atoms with Crippen LogP contribution < -0.4 is 0 Å². The first-order valence-electron chi connectivity index (χ1n) is 4.23. The van der Waals surface area contributed by atoms with E-state index >= 15 is 0 Å². The van der Waals surface area contributed by atoms with Crippen LogP contribution in [-0.4, -0.2) is 23.1 Å². The molecule has 0 aromatic rings. The van der Waals surface area contributed by atoms with Crippen LogP contribution in [0.1, 0.15) is 40.5 Å². The standard InChI is InChI=1S/2C5H8O2.Ru/c2*1-4(6)3-5(2)7;/h2*3H2,1-2H3;/q;;+2. The summed E-state index contributed by atoms with van der Waals surface area (Å²) in [6.45, 7) is 5.62. The average Bonchev–Trinajstić information content (AvgIpc) is 1.79. The molecule has 0 atom stereocenters. The first kappa shape index (κ1) is 19.8. The molecule has 0 unspecified atom stereocenters. The molecule has 0 aromatic carbocycles. The average molecular weight is 301 g/mol. The van der Waals surface area contributed by atoms with E-state index in [2.05, 4.69) is 0 Å². The second-order valence-corrected chi connectivity index (χ2v) is 3.16. The first-order valence-corrected chi connectivity index (χ1v) is 4.23. The van der Waals surface area contributed by atoms with Gasteiger partial charge in [0.2, 0.25) is 0 Å². The van der Waals surface area contributed by atoms with Gasteiger partial charge in [-0.15, -0.1) is 0 Å². The number of ketones is 4. The van der Waals surface area contributed by atoms with Gasteiger partial charge in [0.05, 0.1) is 12.8 Å². The van der Waals surface area contributed by atoms with E-state index in [-0.39, 0.29) is 55.5 Å². The molecule has 0 aromatic heterocycles. The topological polar surface area (TPSA) is 68.3 Å². The molecule has 0 spiro atoms. The zero-order valence-corrected chi connectivity index (χ0v) is 11.1. The number of hydrogen-bond acceptors (Lipinski definition) is 4. The summed E-state index contributed by atoms with van der Waals surface area (Å²) in [6, 6.07) is 0. The van der Waals surface area contributed by atoms with E-state index in [0.29, 0.717) is 0 Å². The molecular formula is C10H16O4Ru+2. The maximum atomic E-state index is 10.0. The third-order valence-electron chi connectivity index (χ3n) is 0.996. The van der Waals surface area contributed by atoms with Crippen LogP contribution in [0.15, 0.2) is 0 Å². The number of hydrogen-bond donors (Lipinski definition) is 0. The molecule has 0 radical (unpaired) electrons. The summed E-state index contributed by atoms with van der Waals surface area (Å²) < 4.78 is 0. The maximum absolute atomic E-state index is 10.0. The van der Waals surface area contributed by atoms with Crippen molar-refractivity contribution < 1.29 is 38.7 Å². The van der Waals surface area contributed by atoms with Gasteiger partial charge >= 0.3 is 19.5 Å². The summed E-state index contributed by atoms with van der Waals surface area (Å²) in [7, 11) is 0. The Morgan fingerprint density at radius 3 is 0.733 bits per heavy atom. The van der Waals surface area contributed by atoms with Gasteiger partial charge in [0.25, 0.3) is 0 Å². The van der Waals surface area contributed by atoms with Crippen molar-refractivity contribution >= 4 is 23.1 Å². The smallest absolute Gasteiger partial charge is 0.300 e. The number of rotatable bonds is 4. The third kappa shape index (κ3) is 31.9. The predicted octanol–water partition coefficient (Wildman–Crippen LogP) is 1.11. The first-order chi connectivity index (χ1) is 6.25. The SMILES string of the molecule is CC(=O)CC(C)=O.CC(=O)CC(C)=O.[Ru+2]. The Morgan fingerprint density at radius 2 is 0.733 bits per heavy atom. The van der Waals surface area contributed by atoms with E-state index in [4.69, 9.17) is 0 Å². The summed E-state index contributed by atoms with van der Waals surface area (Å²) in [5, 5.41) is 0. The van der Waals surface area contributed by atoms with E-state index in [1.807, 2.05) is 0 Å². The summed E-state index contributed by atoms with van der Waals surface area (Å²) in [5.74, 6) is -0.250. The van der Waals surface area contributed by atoms with E-state index in [0.717, 1.165) is 0 Å². The van der Waals surface area contributed by atoms with Gasteiger partial charge in [0, 0.05) is 0 Å². The zero-order chi connectivity index (χ0) is 11.7. The Labute approximate surface area is 103 Å². The van der Waals surface area contributed by atoms with Gasteiger partial charge in [-0.05, 0) is 27.7 Å². The third-order valence-corrected chi connectivity index (χ3v) is 0.996. The fourth-order valence-electron chi connectivity index (χ4n) is 0.701. The van der Waals surface area contributed by atoms with Gasteiger partial charge in [-0.25, -0.2) is 0 Å². The second-order valence-electron chi connectivity index (χ2n) is 3.16. The molecule has 0 amide bonds. The van der Waals surface area contributed by atoms with Crippen molar-refractivity contribution in [1.29, 1.82) is 0 Å². The summed E-state index contributed by atoms with van der Waals surface area (Å²) in [4.78, 5) is 40.1. The predicted molar refractivity (Wildman–Crippen MR) is 52.0 cm³/mol. The Balaban J connectivity index is -0.000000180. The van der Waals surface area contributed by atoms with Gasteiger partial charge in [-0.1, -0.05) is 0 Å². The molecule has 0 aliphatic carbocycles. The zero-order valence-electron chi connectivity index (χ0n) is 9.40. The molecule has 0 N–H and O–H groups in total. The van der Waals surface area contributed by atoms with Crippen molar-refractivity contribution in [3.63, 3.8) is 0 Å². The second kappa shape index (κ2) is 11.4. The normalized spacial score (nSPS) is 7.73. The van der Waals surface area contributed by atoms with Crippen molar-refractivity contribution in [3.05, 3.63) is 0 Å². The molecule has 15 heavy (non-hydrogen) atoms. The van der Waals surface area contributed by atoms with Crippen LogP contribution in [0, 0.1) is 0 Å². The largest absolute Gasteiger partial charge is 2.00 e. The van der Waals surface area contributed by atoms with Gasteiger partial charge in [0.1, 0.15) is 23.1 Å². The van der Waals surface area contributed by atoms with Crippen LogP contribution in [0.2, 0.25) is 0 Å². The Morgan fingerprint density at radius 1 is 0.600 bits per heavy atom. The Bertz CT molecular complexity index is 196. The Hall–Kier alpha value is -0.697. The van der Waals surface area contributed by atoms with E-state index in [9.17, 15) is 19.2 Å². The fourth-order valence-corrected chi connectivity index (χ4v) is 0.701. The molecule has 0 rings (SSSR count). The monoisotopic (exact) mass is 302 g/mol. The van der Waals surface area contributed by atoms with Crippen LogP contribution in [0.3, 0.4) is 0 Å². The van der Waals surface area contributed by atoms with E-state index in [1.165, 1.54) is 27.7 Å². The van der Waals surface area contributed by atoms with Crippen LogP contribution in [0.25, 0.3) is 0 Å². The van der Waals surface area contributed by atoms with Crippen molar-refractivity contribution in [2.45, 2.75) is 40.5 Å². The molecule has 0 saturated heterocycles. The molecule has 0 aliphatic heterocycles. The molecule has 0 heterocycles. The molecule has 5 heteroatoms. The molecule has 0 saturated carbocycles. The molecular weight excluding hydrogens is 285 g/mol. The number of Topliss-reactive ketones (excluding diaryl/α,β-unsaturated/α-hetero) is 4. The molecule has 0 aliphatic rings. The van der Waals surface area contributed by atoms with Crippen LogP contribution in [0.4, 0.5) is 0 Å². The van der Waals surface area contributed by atoms with Crippen molar-refractivity contribution in [2.24, 2.45) is 0 Å². The van der Waals surface area contributed by atoms with Gasteiger partial charge in [-0.3, -0.25) is 19.2 Å². The molecule has 0 bridgehead atoms. The minimum atomic E-state index is -0.0625. The van der Waals surface area contributed by atoms with Gasteiger partial charge in [0.15, 0.2) is 0 Å². The fraction of sp³-hybridized carbons (Fsp3) is 0.600. The summed E-state index contributed by atoms with van der Waals surface area (Å²) >= 11 is 0. The maximum Gasteiger partial charge on any atom is 2.00 e. The van der Waals surface area contributed by atoms with Crippen LogP contribution in [-0.2, 0) is 38.7 Å². The minimum absolute atomic E-state index is 0. The van der Waals surface area contributed by atoms with Crippen molar-refractivity contribution in [1.82, 2.24) is 0 Å². The number of carbonyl (C=O) groups excluding carboxylic acids is 4. The molecule has 0 fully saturated rings. The quantitative estimate of drug-likeness (QED) is 0.576. The van der Waals surface area contributed by atoms with E-state index in [1.54, 1.807) is 0 Å². The summed E-state index contributed by atoms with van der Waals surface area (Å²) in [5.41, 5.74) is 0. The van der Waals surface area contributed by atoms with Crippen molar-refractivity contribution in [2.75, 3.05) is 0 Å². The Kier molecular flexibility index (Phi) is 15.0. The molecule has 4 nitrogen and oxygen atoms in total. The van der Waals surface area contributed by atoms with Gasteiger partial charge < -0.3 is 0 Å². The van der Waals surface area contributed by atoms with E-state index < -0.39 is 0 Å². The number of carbonyl (C=O) groups is 4. The van der Waals surface area contributed by atoms with Crippen LogP contribution >= 0.6 is 0 Å². The minimum Gasteiger partial charge on any atom is -0.300 e.